The number of likely N-dealkylation sites (N-methyl/N-ethyl adjacent to an activating group) is 1. The number of nitrogens with one attached hydrogen (secondary N) is 6. The van der Waals surface area contributed by atoms with Gasteiger partial charge in [-0.15, -0.1) is 0 Å². The van der Waals surface area contributed by atoms with Gasteiger partial charge in [-0.2, -0.15) is 0 Å². The first-order chi connectivity index (χ1) is 23.3. The standard InChI is InChI=1S/C36H62IN7O5/c1-9-14-29(41-36(49)31(26-15-12-11-13-16-26)43-33(46)27-17-19-37-44(8)20-18-27)34(47)40-28(21-23(3)4)22-39-25(7)32(45)42-30(24(5)6)35(48)38-10-2/h17-20,23-26,28-31,39H,9-16,21-22H2,1-8H3,(H,38,48)(H,40,47)(H,41,49)(H,42,45)(H,43,46)/t25-,28-,29-,30-,31-/m0/s1. The van der Waals surface area contributed by atoms with Gasteiger partial charge in [-0.1, -0.05) is 60.3 Å². The zero-order chi connectivity index (χ0) is 36.5. The molecule has 0 unspecified atom stereocenters. The number of hydrogen-bond acceptors (Lipinski definition) is 7. The third-order valence-corrected chi connectivity index (χ3v) is 10.7. The molecule has 49 heavy (non-hydrogen) atoms. The Hall–Kier alpha value is -2.81. The van der Waals surface area contributed by atoms with Crippen molar-refractivity contribution in [1.82, 2.24) is 35.0 Å². The summed E-state index contributed by atoms with van der Waals surface area (Å²) in [6.45, 7) is 14.2. The molecule has 0 saturated heterocycles. The summed E-state index contributed by atoms with van der Waals surface area (Å²) in [7, 11) is 1.98. The second-order valence-electron chi connectivity index (χ2n) is 14.0. The molecule has 12 nitrogen and oxygen atoms in total. The molecule has 5 atom stereocenters. The maximum atomic E-state index is 13.9. The van der Waals surface area contributed by atoms with Crippen LogP contribution in [0.5, 0.6) is 0 Å². The van der Waals surface area contributed by atoms with Crippen LogP contribution >= 0.6 is 21.0 Å². The van der Waals surface area contributed by atoms with Gasteiger partial charge in [-0.3, -0.25) is 24.0 Å². The molecule has 1 aliphatic heterocycles. The molecule has 0 bridgehead atoms. The number of nitrogens with zero attached hydrogens (tertiary/aromatic N) is 1. The fourth-order valence-electron chi connectivity index (χ4n) is 6.09. The zero-order valence-electron chi connectivity index (χ0n) is 30.9. The molecule has 1 fully saturated rings. The molecule has 6 N–H and O–H groups in total. The predicted octanol–water partition coefficient (Wildman–Crippen LogP) is 3.20. The number of amides is 5. The Balaban J connectivity index is 2.13. The van der Waals surface area contributed by atoms with E-state index in [2.05, 4.69) is 48.9 Å². The van der Waals surface area contributed by atoms with Crippen molar-refractivity contribution in [2.24, 2.45) is 17.8 Å². The van der Waals surface area contributed by atoms with Gasteiger partial charge in [0.25, 0.3) is 5.91 Å². The largest absolute Gasteiger partial charge is 0.355 e. The molecule has 5 amide bonds. The Bertz CT molecular complexity index is 1200. The van der Waals surface area contributed by atoms with E-state index in [1.165, 1.54) is 0 Å². The second-order valence-corrected chi connectivity index (χ2v) is 16.8. The quantitative estimate of drug-likeness (QED) is 0.0865. The van der Waals surface area contributed by atoms with Gasteiger partial charge in [0.05, 0.1) is 6.04 Å². The van der Waals surface area contributed by atoms with Crippen LogP contribution in [-0.2, 0) is 24.0 Å². The number of rotatable bonds is 19. The number of halogens is 1. The van der Waals surface area contributed by atoms with Crippen molar-refractivity contribution in [2.75, 3.05) is 20.1 Å². The lowest BCUT2D eigenvalue weighted by molar-refractivity contribution is -0.133. The highest BCUT2D eigenvalue weighted by atomic mass is 127. The molecule has 2 aliphatic rings. The van der Waals surface area contributed by atoms with Crippen molar-refractivity contribution >= 4 is 54.6 Å². The lowest BCUT2D eigenvalue weighted by Crippen LogP contribution is -2.58. The molecule has 0 aromatic carbocycles. The summed E-state index contributed by atoms with van der Waals surface area (Å²) < 4.78 is 4.10. The first-order valence-corrected chi connectivity index (χ1v) is 20.3. The van der Waals surface area contributed by atoms with E-state index < -0.39 is 24.2 Å². The van der Waals surface area contributed by atoms with Crippen LogP contribution in [0.4, 0.5) is 0 Å². The molecular weight excluding hydrogens is 737 g/mol. The van der Waals surface area contributed by atoms with Crippen LogP contribution in [0.3, 0.4) is 0 Å². The molecule has 278 valence electrons. The normalized spacial score (nSPS) is 18.2. The van der Waals surface area contributed by atoms with Gasteiger partial charge in [0.2, 0.25) is 23.6 Å². The molecule has 1 heterocycles. The van der Waals surface area contributed by atoms with Gasteiger partial charge in [0.1, 0.15) is 18.1 Å². The smallest absolute Gasteiger partial charge is 0.252 e. The van der Waals surface area contributed by atoms with Gasteiger partial charge >= 0.3 is 0 Å². The highest BCUT2D eigenvalue weighted by molar-refractivity contribution is 14.2. The van der Waals surface area contributed by atoms with E-state index in [1.807, 2.05) is 51.0 Å². The summed E-state index contributed by atoms with van der Waals surface area (Å²) in [4.78, 5) is 66.5. The fourth-order valence-corrected chi connectivity index (χ4v) is 7.49. The second kappa shape index (κ2) is 22.1. The molecule has 0 aromatic heterocycles. The maximum absolute atomic E-state index is 13.9. The van der Waals surface area contributed by atoms with E-state index in [4.69, 9.17) is 0 Å². The van der Waals surface area contributed by atoms with Gasteiger partial charge in [-0.05, 0) is 94.5 Å². The summed E-state index contributed by atoms with van der Waals surface area (Å²) in [6.07, 6.45) is 12.1. The first-order valence-electron chi connectivity index (χ1n) is 18.1. The third kappa shape index (κ3) is 14.9. The van der Waals surface area contributed by atoms with Crippen LogP contribution in [0, 0.1) is 17.8 Å². The van der Waals surface area contributed by atoms with Crippen LogP contribution in [0.25, 0.3) is 0 Å². The van der Waals surface area contributed by atoms with Crippen LogP contribution < -0.4 is 31.9 Å². The minimum absolute atomic E-state index is 0.00802. The maximum Gasteiger partial charge on any atom is 0.252 e. The average Bonchev–Trinajstić information content (AvgIpc) is 3.28. The van der Waals surface area contributed by atoms with Crippen molar-refractivity contribution in [2.45, 2.75) is 130 Å². The summed E-state index contributed by atoms with van der Waals surface area (Å²) in [5.41, 5.74) is 0.511. The van der Waals surface area contributed by atoms with E-state index in [9.17, 15) is 24.0 Å². The van der Waals surface area contributed by atoms with Crippen molar-refractivity contribution in [3.05, 3.63) is 23.9 Å². The molecular formula is C36H62IN7O5. The summed E-state index contributed by atoms with van der Waals surface area (Å²) in [5, 5.41) is 18.0. The van der Waals surface area contributed by atoms with Crippen molar-refractivity contribution < 1.29 is 24.0 Å². The van der Waals surface area contributed by atoms with Gasteiger partial charge in [-0.25, -0.2) is 0 Å². The van der Waals surface area contributed by atoms with Crippen LogP contribution in [-0.4, -0.2) is 87.0 Å². The number of carbonyl (C=O) groups is 5. The predicted molar refractivity (Wildman–Crippen MR) is 205 cm³/mol. The number of allylic oxidation sites excluding steroid dienone is 1. The third-order valence-electron chi connectivity index (χ3n) is 8.84. The SMILES string of the molecule is CCC[C@H](NC(=O)[C@@H](NC(=O)C1=CC=IN(C)C=C1)C1CCCCC1)C(=O)N[C@H](CN[C@@H](C)C(=O)N[C@H](C(=O)NCC)C(C)C)CC(C)C. The molecule has 1 saturated carbocycles. The van der Waals surface area contributed by atoms with E-state index in [-0.39, 0.29) is 74.3 Å². The fraction of sp³-hybridized carbons (Fsp3) is 0.722. The van der Waals surface area contributed by atoms with E-state index in [0.29, 0.717) is 37.9 Å². The minimum atomic E-state index is -0.775. The van der Waals surface area contributed by atoms with Gasteiger partial charge < -0.3 is 35.0 Å². The molecule has 0 aromatic rings. The average molecular weight is 800 g/mol. The lowest BCUT2D eigenvalue weighted by atomic mass is 9.83. The number of carbonyl (C=O) groups excluding carboxylic acids is 5. The minimum Gasteiger partial charge on any atom is -0.355 e. The van der Waals surface area contributed by atoms with E-state index in [1.54, 1.807) is 13.0 Å². The Labute approximate surface area is 304 Å². The Morgan fingerprint density at radius 1 is 0.878 bits per heavy atom. The van der Waals surface area contributed by atoms with Gasteiger partial charge in [0, 0.05) is 38.0 Å². The zero-order valence-corrected chi connectivity index (χ0v) is 33.0. The lowest BCUT2D eigenvalue weighted by Gasteiger charge is -2.32. The van der Waals surface area contributed by atoms with Crippen LogP contribution in [0.2, 0.25) is 0 Å². The summed E-state index contributed by atoms with van der Waals surface area (Å²) in [5.74, 6) is -1.27. The monoisotopic (exact) mass is 799 g/mol. The molecule has 2 rings (SSSR count). The van der Waals surface area contributed by atoms with E-state index in [0.717, 1.165) is 32.1 Å². The summed E-state index contributed by atoms with van der Waals surface area (Å²) >= 11 is -0.331. The first kappa shape index (κ1) is 42.4. The highest BCUT2D eigenvalue weighted by Gasteiger charge is 2.34. The Kier molecular flexibility index (Phi) is 19.1. The molecule has 0 spiro atoms. The number of hydrogen-bond donors (Lipinski definition) is 6. The Morgan fingerprint density at radius 2 is 1.57 bits per heavy atom. The highest BCUT2D eigenvalue weighted by Crippen LogP contribution is 2.27. The Morgan fingerprint density at radius 3 is 2.18 bits per heavy atom. The molecule has 13 heteroatoms. The van der Waals surface area contributed by atoms with Crippen LogP contribution in [0.15, 0.2) is 23.9 Å². The topological polar surface area (TPSA) is 161 Å². The van der Waals surface area contributed by atoms with E-state index >= 15 is 0 Å². The van der Waals surface area contributed by atoms with Crippen LogP contribution in [0.1, 0.15) is 99.8 Å². The van der Waals surface area contributed by atoms with Crippen molar-refractivity contribution in [3.8, 4) is 0 Å². The summed E-state index contributed by atoms with van der Waals surface area (Å²) in [6, 6.07) is -3.07. The molecule has 1 aliphatic carbocycles. The van der Waals surface area contributed by atoms with Crippen molar-refractivity contribution in [3.63, 3.8) is 0 Å². The molecule has 0 radical (unpaired) electrons. The van der Waals surface area contributed by atoms with Gasteiger partial charge in [0.15, 0.2) is 0 Å². The van der Waals surface area contributed by atoms with Crippen molar-refractivity contribution in [1.29, 1.82) is 0 Å².